The lowest BCUT2D eigenvalue weighted by Crippen LogP contribution is -2.25. The van der Waals surface area contributed by atoms with Gasteiger partial charge < -0.3 is 5.32 Å². The van der Waals surface area contributed by atoms with Crippen LogP contribution < -0.4 is 10.0 Å². The number of carbonyl (C=O) groups excluding carboxylic acids is 1. The van der Waals surface area contributed by atoms with E-state index in [1.807, 2.05) is 13.8 Å². The number of aryl methyl sites for hydroxylation is 2. The molecule has 0 heterocycles. The Hall–Kier alpha value is -2.77. The number of anilines is 1. The molecule has 3 aromatic carbocycles. The summed E-state index contributed by atoms with van der Waals surface area (Å²) in [5, 5.41) is 2.88. The van der Waals surface area contributed by atoms with Gasteiger partial charge in [-0.15, -0.1) is 11.8 Å². The highest BCUT2D eigenvalue weighted by atomic mass is 32.2. The summed E-state index contributed by atoms with van der Waals surface area (Å²) in [7, 11) is -3.66. The molecular weight excluding hydrogens is 416 g/mol. The number of rotatable bonds is 8. The van der Waals surface area contributed by atoms with Crippen LogP contribution in [-0.2, 0) is 10.0 Å². The Morgan fingerprint density at radius 2 is 1.40 bits per heavy atom. The van der Waals surface area contributed by atoms with E-state index in [0.717, 1.165) is 11.3 Å². The average molecular weight is 441 g/mol. The molecule has 5 nitrogen and oxygen atoms in total. The fraction of sp³-hybridized carbons (Fsp3) is 0.174. The van der Waals surface area contributed by atoms with E-state index in [0.29, 0.717) is 17.8 Å². The molecule has 0 unspecified atom stereocenters. The van der Waals surface area contributed by atoms with Crippen LogP contribution in [0, 0.1) is 13.8 Å². The van der Waals surface area contributed by atoms with E-state index in [1.165, 1.54) is 10.5 Å². The van der Waals surface area contributed by atoms with Crippen LogP contribution in [0.2, 0.25) is 0 Å². The predicted octanol–water partition coefficient (Wildman–Crippen LogP) is 4.63. The fourth-order valence-electron chi connectivity index (χ4n) is 2.69. The zero-order valence-electron chi connectivity index (χ0n) is 16.9. The zero-order chi connectivity index (χ0) is 21.6. The zero-order valence-corrected chi connectivity index (χ0v) is 18.5. The van der Waals surface area contributed by atoms with Crippen molar-refractivity contribution in [2.75, 3.05) is 17.0 Å². The molecule has 0 aliphatic rings. The van der Waals surface area contributed by atoms with Crippen molar-refractivity contribution in [1.82, 2.24) is 5.32 Å². The molecule has 0 atom stereocenters. The monoisotopic (exact) mass is 440 g/mol. The summed E-state index contributed by atoms with van der Waals surface area (Å²) in [6.07, 6.45) is 0. The minimum Gasteiger partial charge on any atom is -0.351 e. The summed E-state index contributed by atoms with van der Waals surface area (Å²) < 4.78 is 27.4. The van der Waals surface area contributed by atoms with Gasteiger partial charge in [-0.25, -0.2) is 8.42 Å². The Morgan fingerprint density at radius 3 is 2.00 bits per heavy atom. The smallest absolute Gasteiger partial charge is 0.261 e. The van der Waals surface area contributed by atoms with E-state index in [4.69, 9.17) is 0 Å². The van der Waals surface area contributed by atoms with Crippen molar-refractivity contribution < 1.29 is 13.2 Å². The Balaban J connectivity index is 1.51. The third-order valence-electron chi connectivity index (χ3n) is 4.41. The Labute approximate surface area is 182 Å². The first kappa shape index (κ1) is 21.9. The van der Waals surface area contributed by atoms with E-state index in [9.17, 15) is 13.2 Å². The molecule has 0 aromatic heterocycles. The summed E-state index contributed by atoms with van der Waals surface area (Å²) in [5.41, 5.74) is 3.09. The van der Waals surface area contributed by atoms with Crippen LogP contribution in [0.4, 0.5) is 5.69 Å². The molecule has 0 aliphatic heterocycles. The Morgan fingerprint density at radius 1 is 0.833 bits per heavy atom. The lowest BCUT2D eigenvalue weighted by Gasteiger charge is -2.09. The highest BCUT2D eigenvalue weighted by Crippen LogP contribution is 2.18. The number of hydrogen-bond acceptors (Lipinski definition) is 4. The summed E-state index contributed by atoms with van der Waals surface area (Å²) >= 11 is 1.68. The average Bonchev–Trinajstić information content (AvgIpc) is 2.73. The summed E-state index contributed by atoms with van der Waals surface area (Å²) in [4.78, 5) is 13.7. The second kappa shape index (κ2) is 9.82. The van der Waals surface area contributed by atoms with Crippen LogP contribution in [0.5, 0.6) is 0 Å². The second-order valence-corrected chi connectivity index (χ2v) is 9.76. The first-order valence-electron chi connectivity index (χ1n) is 9.51. The van der Waals surface area contributed by atoms with Crippen molar-refractivity contribution in [3.63, 3.8) is 0 Å². The number of hydrogen-bond donors (Lipinski definition) is 2. The SMILES string of the molecule is Cc1ccc(SCCNC(=O)c2ccc(NS(=O)(=O)c3ccc(C)cc3)cc2)cc1. The molecule has 0 saturated carbocycles. The van der Waals surface area contributed by atoms with Gasteiger partial charge in [-0.05, 0) is 62.4 Å². The maximum Gasteiger partial charge on any atom is 0.261 e. The van der Waals surface area contributed by atoms with Crippen LogP contribution in [0.1, 0.15) is 21.5 Å². The molecule has 0 spiro atoms. The number of sulfonamides is 1. The Kier molecular flexibility index (Phi) is 7.18. The lowest BCUT2D eigenvalue weighted by molar-refractivity contribution is 0.0956. The number of thioether (sulfide) groups is 1. The highest BCUT2D eigenvalue weighted by molar-refractivity contribution is 7.99. The summed E-state index contributed by atoms with van der Waals surface area (Å²) in [6, 6.07) is 21.3. The van der Waals surface area contributed by atoms with Crippen LogP contribution in [0.3, 0.4) is 0 Å². The molecule has 7 heteroatoms. The molecule has 0 saturated heterocycles. The van der Waals surface area contributed by atoms with E-state index in [1.54, 1.807) is 60.3 Å². The quantitative estimate of drug-likeness (QED) is 0.396. The molecule has 2 N–H and O–H groups in total. The molecular formula is C23H24N2O3S2. The summed E-state index contributed by atoms with van der Waals surface area (Å²) in [6.45, 7) is 4.49. The molecule has 0 radical (unpaired) electrons. The molecule has 0 aliphatic carbocycles. The maximum absolute atomic E-state index is 12.4. The normalized spacial score (nSPS) is 11.1. The van der Waals surface area contributed by atoms with E-state index in [-0.39, 0.29) is 10.8 Å². The summed E-state index contributed by atoms with van der Waals surface area (Å²) in [5.74, 6) is 0.580. The number of carbonyl (C=O) groups is 1. The van der Waals surface area contributed by atoms with Crippen molar-refractivity contribution in [3.05, 3.63) is 89.5 Å². The van der Waals surface area contributed by atoms with Gasteiger partial charge in [0.15, 0.2) is 0 Å². The van der Waals surface area contributed by atoms with E-state index < -0.39 is 10.0 Å². The van der Waals surface area contributed by atoms with E-state index >= 15 is 0 Å². The van der Waals surface area contributed by atoms with Gasteiger partial charge in [-0.3, -0.25) is 9.52 Å². The van der Waals surface area contributed by atoms with Crippen molar-refractivity contribution in [1.29, 1.82) is 0 Å². The first-order chi connectivity index (χ1) is 14.3. The van der Waals surface area contributed by atoms with Gasteiger partial charge in [0.2, 0.25) is 0 Å². The van der Waals surface area contributed by atoms with Crippen LogP contribution in [0.25, 0.3) is 0 Å². The van der Waals surface area contributed by atoms with Crippen molar-refractivity contribution >= 4 is 33.4 Å². The number of nitrogens with one attached hydrogen (secondary N) is 2. The fourth-order valence-corrected chi connectivity index (χ4v) is 4.52. The van der Waals surface area contributed by atoms with Crippen molar-refractivity contribution in [2.45, 2.75) is 23.6 Å². The number of benzene rings is 3. The lowest BCUT2D eigenvalue weighted by atomic mass is 10.2. The van der Waals surface area contributed by atoms with Gasteiger partial charge in [-0.2, -0.15) is 0 Å². The molecule has 3 aromatic rings. The van der Waals surface area contributed by atoms with Gasteiger partial charge in [0.25, 0.3) is 15.9 Å². The van der Waals surface area contributed by atoms with Crippen molar-refractivity contribution in [2.24, 2.45) is 0 Å². The van der Waals surface area contributed by atoms with E-state index in [2.05, 4.69) is 34.3 Å². The van der Waals surface area contributed by atoms with Crippen LogP contribution >= 0.6 is 11.8 Å². The maximum atomic E-state index is 12.4. The highest BCUT2D eigenvalue weighted by Gasteiger charge is 2.14. The standard InChI is InChI=1S/C23H24N2O3S2/c1-17-3-11-21(12-4-17)29-16-15-24-23(26)19-7-9-20(10-8-19)25-30(27,28)22-13-5-18(2)6-14-22/h3-14,25H,15-16H2,1-2H3,(H,24,26). The molecule has 156 valence electrons. The van der Waals surface area contributed by atoms with Gasteiger partial charge >= 0.3 is 0 Å². The van der Waals surface area contributed by atoms with Gasteiger partial charge in [0.05, 0.1) is 4.90 Å². The molecule has 0 bridgehead atoms. The topological polar surface area (TPSA) is 75.3 Å². The Bertz CT molecular complexity index is 1090. The molecule has 3 rings (SSSR count). The third-order valence-corrected chi connectivity index (χ3v) is 6.82. The molecule has 0 fully saturated rings. The van der Waals surface area contributed by atoms with Gasteiger partial charge in [-0.1, -0.05) is 35.4 Å². The van der Waals surface area contributed by atoms with Gasteiger partial charge in [0, 0.05) is 28.4 Å². The second-order valence-electron chi connectivity index (χ2n) is 6.91. The predicted molar refractivity (Wildman–Crippen MR) is 123 cm³/mol. The minimum atomic E-state index is -3.66. The third kappa shape index (κ3) is 6.11. The minimum absolute atomic E-state index is 0.188. The molecule has 1 amide bonds. The first-order valence-corrected chi connectivity index (χ1v) is 12.0. The number of amides is 1. The van der Waals surface area contributed by atoms with Gasteiger partial charge in [0.1, 0.15) is 0 Å². The molecule has 30 heavy (non-hydrogen) atoms. The van der Waals surface area contributed by atoms with Crippen LogP contribution in [0.15, 0.2) is 82.6 Å². The van der Waals surface area contributed by atoms with Crippen molar-refractivity contribution in [3.8, 4) is 0 Å². The largest absolute Gasteiger partial charge is 0.351 e. The van der Waals surface area contributed by atoms with Crippen LogP contribution in [-0.4, -0.2) is 26.6 Å².